The van der Waals surface area contributed by atoms with E-state index in [1.54, 1.807) is 17.7 Å². The lowest BCUT2D eigenvalue weighted by Crippen LogP contribution is -2.41. The van der Waals surface area contributed by atoms with Gasteiger partial charge in [-0.1, -0.05) is 6.07 Å². The van der Waals surface area contributed by atoms with Gasteiger partial charge in [0.1, 0.15) is 17.0 Å². The quantitative estimate of drug-likeness (QED) is 0.598. The summed E-state index contributed by atoms with van der Waals surface area (Å²) in [7, 11) is 0. The van der Waals surface area contributed by atoms with Crippen LogP contribution in [0.25, 0.3) is 10.2 Å². The normalized spacial score (nSPS) is 16.1. The molecule has 0 bridgehead atoms. The van der Waals surface area contributed by atoms with Crippen molar-refractivity contribution in [3.63, 3.8) is 0 Å². The fourth-order valence-corrected chi connectivity index (χ4v) is 5.24. The summed E-state index contributed by atoms with van der Waals surface area (Å²) in [4.78, 5) is 26.7. The summed E-state index contributed by atoms with van der Waals surface area (Å²) in [6.45, 7) is 8.92. The number of nitrogens with one attached hydrogen (secondary N) is 2. The Morgan fingerprint density at radius 3 is 2.93 bits per heavy atom. The molecule has 0 saturated carbocycles. The lowest BCUT2D eigenvalue weighted by molar-refractivity contribution is 0.0383. The van der Waals surface area contributed by atoms with E-state index in [2.05, 4.69) is 43.9 Å². The van der Waals surface area contributed by atoms with Gasteiger partial charge in [-0.15, -0.1) is 22.7 Å². The number of anilines is 1. The van der Waals surface area contributed by atoms with Gasteiger partial charge in [0.15, 0.2) is 0 Å². The summed E-state index contributed by atoms with van der Waals surface area (Å²) in [5.41, 5.74) is 0.926. The van der Waals surface area contributed by atoms with Gasteiger partial charge in [-0.25, -0.2) is 9.97 Å². The maximum absolute atomic E-state index is 12.8. The number of hydrogen-bond donors (Lipinski definition) is 2. The first-order valence-electron chi connectivity index (χ1n) is 9.76. The highest BCUT2D eigenvalue weighted by atomic mass is 32.1. The zero-order chi connectivity index (χ0) is 20.2. The Kier molecular flexibility index (Phi) is 6.39. The number of carbonyl (C=O) groups excluding carboxylic acids is 1. The van der Waals surface area contributed by atoms with E-state index in [0.29, 0.717) is 11.4 Å². The van der Waals surface area contributed by atoms with Crippen molar-refractivity contribution in [2.45, 2.75) is 19.9 Å². The molecule has 4 rings (SSSR count). The number of amides is 1. The molecule has 3 aromatic heterocycles. The van der Waals surface area contributed by atoms with Crippen LogP contribution in [0, 0.1) is 6.92 Å². The van der Waals surface area contributed by atoms with Gasteiger partial charge in [0.2, 0.25) is 0 Å². The molecule has 3 aromatic rings. The molecule has 4 heterocycles. The Hall–Kier alpha value is -2.07. The molecule has 1 amide bonds. The number of ether oxygens (including phenoxy) is 1. The standard InChI is InChI=1S/C20H25N5O2S2/c1-13-16-18(24-14(2)15-4-3-11-28-15)22-12-23-20(16)29-17(13)19(26)21-5-6-25-7-9-27-10-8-25/h3-4,11-12,14H,5-10H2,1-2H3,(H,21,26)(H,22,23,24)/t14-/m0/s1. The highest BCUT2D eigenvalue weighted by Gasteiger charge is 2.20. The number of aromatic nitrogens is 2. The van der Waals surface area contributed by atoms with Crippen molar-refractivity contribution >= 4 is 44.6 Å². The smallest absolute Gasteiger partial charge is 0.261 e. The summed E-state index contributed by atoms with van der Waals surface area (Å²) in [5, 5.41) is 9.53. The number of rotatable bonds is 7. The number of aryl methyl sites for hydroxylation is 1. The number of hydrogen-bond acceptors (Lipinski definition) is 8. The molecule has 1 fully saturated rings. The van der Waals surface area contributed by atoms with E-state index in [0.717, 1.165) is 54.4 Å². The Balaban J connectivity index is 1.47. The van der Waals surface area contributed by atoms with Gasteiger partial charge in [-0.05, 0) is 30.9 Å². The van der Waals surface area contributed by atoms with Gasteiger partial charge in [0, 0.05) is 31.1 Å². The predicted molar refractivity (Wildman–Crippen MR) is 118 cm³/mol. The molecule has 1 aliphatic rings. The third kappa shape index (κ3) is 4.58. The number of morpholine rings is 1. The van der Waals surface area contributed by atoms with E-state index >= 15 is 0 Å². The van der Waals surface area contributed by atoms with Crippen molar-refractivity contribution < 1.29 is 9.53 Å². The van der Waals surface area contributed by atoms with Gasteiger partial charge in [0.05, 0.1) is 29.5 Å². The topological polar surface area (TPSA) is 79.4 Å². The van der Waals surface area contributed by atoms with E-state index in [9.17, 15) is 4.79 Å². The molecule has 0 aliphatic carbocycles. The molecule has 7 nitrogen and oxygen atoms in total. The first-order valence-corrected chi connectivity index (χ1v) is 11.5. The molecular formula is C20H25N5O2S2. The zero-order valence-electron chi connectivity index (χ0n) is 16.6. The van der Waals surface area contributed by atoms with E-state index < -0.39 is 0 Å². The summed E-state index contributed by atoms with van der Waals surface area (Å²) in [6, 6.07) is 4.29. The summed E-state index contributed by atoms with van der Waals surface area (Å²) in [6.07, 6.45) is 1.56. The zero-order valence-corrected chi connectivity index (χ0v) is 18.2. The minimum atomic E-state index is -0.0454. The third-order valence-electron chi connectivity index (χ3n) is 5.07. The van der Waals surface area contributed by atoms with Crippen LogP contribution in [0.3, 0.4) is 0 Å². The van der Waals surface area contributed by atoms with Gasteiger partial charge in [0.25, 0.3) is 5.91 Å². The van der Waals surface area contributed by atoms with Crippen LogP contribution >= 0.6 is 22.7 Å². The van der Waals surface area contributed by atoms with E-state index in [-0.39, 0.29) is 11.9 Å². The second kappa shape index (κ2) is 9.17. The van der Waals surface area contributed by atoms with Crippen LogP contribution in [0.15, 0.2) is 23.8 Å². The molecule has 1 saturated heterocycles. The maximum atomic E-state index is 12.8. The first kappa shape index (κ1) is 20.2. The molecule has 0 spiro atoms. The number of thiophene rings is 2. The van der Waals surface area contributed by atoms with Crippen LogP contribution in [0.5, 0.6) is 0 Å². The molecule has 1 aliphatic heterocycles. The number of fused-ring (bicyclic) bond motifs is 1. The van der Waals surface area contributed by atoms with Crippen LogP contribution < -0.4 is 10.6 Å². The van der Waals surface area contributed by atoms with Crippen LogP contribution in [-0.4, -0.2) is 60.2 Å². The summed E-state index contributed by atoms with van der Waals surface area (Å²) < 4.78 is 5.36. The van der Waals surface area contributed by atoms with Crippen LogP contribution in [0.4, 0.5) is 5.82 Å². The summed E-state index contributed by atoms with van der Waals surface area (Å²) in [5.74, 6) is 0.730. The van der Waals surface area contributed by atoms with Crippen molar-refractivity contribution in [1.82, 2.24) is 20.2 Å². The van der Waals surface area contributed by atoms with Crippen molar-refractivity contribution in [2.24, 2.45) is 0 Å². The lowest BCUT2D eigenvalue weighted by Gasteiger charge is -2.26. The minimum absolute atomic E-state index is 0.0454. The fraction of sp³-hybridized carbons (Fsp3) is 0.450. The van der Waals surface area contributed by atoms with Crippen molar-refractivity contribution in [1.29, 1.82) is 0 Å². The summed E-state index contributed by atoms with van der Waals surface area (Å²) >= 11 is 3.13. The first-order chi connectivity index (χ1) is 14.1. The monoisotopic (exact) mass is 431 g/mol. The second-order valence-corrected chi connectivity index (χ2v) is 9.03. The number of carbonyl (C=O) groups is 1. The molecule has 0 unspecified atom stereocenters. The predicted octanol–water partition coefficient (Wildman–Crippen LogP) is 3.30. The Labute approximate surface area is 178 Å². The third-order valence-corrected chi connectivity index (χ3v) is 7.33. The van der Waals surface area contributed by atoms with Crippen molar-refractivity contribution in [3.05, 3.63) is 39.2 Å². The maximum Gasteiger partial charge on any atom is 0.261 e. The molecule has 9 heteroatoms. The molecule has 154 valence electrons. The second-order valence-electron chi connectivity index (χ2n) is 7.05. The Morgan fingerprint density at radius 2 is 2.17 bits per heavy atom. The minimum Gasteiger partial charge on any atom is -0.379 e. The largest absolute Gasteiger partial charge is 0.379 e. The van der Waals surface area contributed by atoms with E-state index in [1.807, 2.05) is 13.0 Å². The van der Waals surface area contributed by atoms with Gasteiger partial charge < -0.3 is 15.4 Å². The van der Waals surface area contributed by atoms with Crippen molar-refractivity contribution in [2.75, 3.05) is 44.7 Å². The molecule has 1 atom stereocenters. The van der Waals surface area contributed by atoms with Gasteiger partial charge in [-0.3, -0.25) is 9.69 Å². The van der Waals surface area contributed by atoms with E-state index in [4.69, 9.17) is 4.74 Å². The molecular weight excluding hydrogens is 406 g/mol. The SMILES string of the molecule is Cc1c(C(=O)NCCN2CCOCC2)sc2ncnc(N[C@@H](C)c3cccs3)c12. The molecule has 0 aromatic carbocycles. The molecule has 29 heavy (non-hydrogen) atoms. The van der Waals surface area contributed by atoms with Crippen LogP contribution in [0.2, 0.25) is 0 Å². The highest BCUT2D eigenvalue weighted by Crippen LogP contribution is 2.34. The highest BCUT2D eigenvalue weighted by molar-refractivity contribution is 7.20. The van der Waals surface area contributed by atoms with Gasteiger partial charge in [-0.2, -0.15) is 0 Å². The molecule has 2 N–H and O–H groups in total. The molecule has 0 radical (unpaired) electrons. The Morgan fingerprint density at radius 1 is 1.34 bits per heavy atom. The van der Waals surface area contributed by atoms with Crippen LogP contribution in [0.1, 0.15) is 33.1 Å². The average Bonchev–Trinajstić information content (AvgIpc) is 3.38. The van der Waals surface area contributed by atoms with Crippen molar-refractivity contribution in [3.8, 4) is 0 Å². The fourth-order valence-electron chi connectivity index (χ4n) is 3.44. The number of nitrogens with zero attached hydrogens (tertiary/aromatic N) is 3. The average molecular weight is 432 g/mol. The van der Waals surface area contributed by atoms with Gasteiger partial charge >= 0.3 is 0 Å². The van der Waals surface area contributed by atoms with E-state index in [1.165, 1.54) is 16.2 Å². The van der Waals surface area contributed by atoms with Crippen LogP contribution in [-0.2, 0) is 4.74 Å². The Bertz CT molecular complexity index is 967. The lowest BCUT2D eigenvalue weighted by atomic mass is 10.2.